The molecule has 1 heterocycles. The molecule has 16 heavy (non-hydrogen) atoms. The Morgan fingerprint density at radius 2 is 1.88 bits per heavy atom. The molecule has 1 atom stereocenters. The third-order valence-electron chi connectivity index (χ3n) is 3.04. The molecule has 1 aliphatic heterocycles. The Labute approximate surface area is 95.7 Å². The minimum absolute atomic E-state index is 0.366. The fraction of sp³-hybridized carbons (Fsp3) is 0.500. The van der Waals surface area contributed by atoms with E-state index in [0.29, 0.717) is 12.6 Å². The molecule has 0 saturated carbocycles. The summed E-state index contributed by atoms with van der Waals surface area (Å²) in [7, 11) is 3.31. The Balaban J connectivity index is 2.34. The molecule has 1 aromatic carbocycles. The maximum Gasteiger partial charge on any atom is 0.161 e. The van der Waals surface area contributed by atoms with Gasteiger partial charge in [-0.1, -0.05) is 0 Å². The molecule has 3 N–H and O–H groups in total. The largest absolute Gasteiger partial charge is 0.493 e. The Kier molecular flexibility index (Phi) is 3.31. The van der Waals surface area contributed by atoms with Crippen LogP contribution in [0.1, 0.15) is 11.1 Å². The van der Waals surface area contributed by atoms with Crippen LogP contribution in [0.5, 0.6) is 11.5 Å². The highest BCUT2D eigenvalue weighted by Gasteiger charge is 2.19. The first kappa shape index (κ1) is 11.2. The van der Waals surface area contributed by atoms with Crippen molar-refractivity contribution in [3.05, 3.63) is 23.3 Å². The zero-order valence-electron chi connectivity index (χ0n) is 9.75. The molecule has 0 radical (unpaired) electrons. The lowest BCUT2D eigenvalue weighted by molar-refractivity contribution is 0.352. The van der Waals surface area contributed by atoms with Gasteiger partial charge in [-0.25, -0.2) is 0 Å². The monoisotopic (exact) mass is 222 g/mol. The number of ether oxygens (including phenoxy) is 2. The molecule has 0 fully saturated rings. The van der Waals surface area contributed by atoms with Gasteiger partial charge in [-0.15, -0.1) is 0 Å². The van der Waals surface area contributed by atoms with Crippen LogP contribution in [0, 0.1) is 0 Å². The molecule has 0 aliphatic carbocycles. The summed E-state index contributed by atoms with van der Waals surface area (Å²) in [6.07, 6.45) is 0.951. The quantitative estimate of drug-likeness (QED) is 0.789. The molecule has 1 aliphatic rings. The summed E-state index contributed by atoms with van der Waals surface area (Å²) in [6, 6.07) is 4.46. The van der Waals surface area contributed by atoms with Gasteiger partial charge in [0.2, 0.25) is 0 Å². The predicted octanol–water partition coefficient (Wildman–Crippen LogP) is 0.677. The van der Waals surface area contributed by atoms with Gasteiger partial charge in [0.25, 0.3) is 0 Å². The van der Waals surface area contributed by atoms with Crippen LogP contribution in [-0.4, -0.2) is 26.8 Å². The summed E-state index contributed by atoms with van der Waals surface area (Å²) in [5.74, 6) is 1.58. The average molecular weight is 222 g/mol. The van der Waals surface area contributed by atoms with E-state index in [1.807, 2.05) is 6.07 Å². The van der Waals surface area contributed by atoms with Gasteiger partial charge in [0, 0.05) is 19.1 Å². The van der Waals surface area contributed by atoms with Crippen LogP contribution in [0.4, 0.5) is 0 Å². The van der Waals surface area contributed by atoms with Crippen molar-refractivity contribution < 1.29 is 9.47 Å². The molecule has 1 unspecified atom stereocenters. The normalized spacial score (nSPS) is 19.1. The van der Waals surface area contributed by atoms with E-state index in [1.54, 1.807) is 14.2 Å². The number of methoxy groups -OCH3 is 2. The Morgan fingerprint density at radius 3 is 2.44 bits per heavy atom. The zero-order chi connectivity index (χ0) is 11.5. The van der Waals surface area contributed by atoms with Gasteiger partial charge in [-0.2, -0.15) is 0 Å². The summed E-state index contributed by atoms with van der Waals surface area (Å²) in [5, 5.41) is 3.39. The first-order valence-electron chi connectivity index (χ1n) is 5.45. The highest BCUT2D eigenvalue weighted by Crippen LogP contribution is 2.32. The van der Waals surface area contributed by atoms with Gasteiger partial charge < -0.3 is 20.5 Å². The van der Waals surface area contributed by atoms with E-state index < -0.39 is 0 Å². The Morgan fingerprint density at radius 1 is 1.25 bits per heavy atom. The number of hydrogen-bond donors (Lipinski definition) is 2. The fourth-order valence-corrected chi connectivity index (χ4v) is 2.08. The summed E-state index contributed by atoms with van der Waals surface area (Å²) < 4.78 is 10.6. The maximum atomic E-state index is 5.67. The van der Waals surface area contributed by atoms with Crippen LogP contribution in [0.3, 0.4) is 0 Å². The summed E-state index contributed by atoms with van der Waals surface area (Å²) in [5.41, 5.74) is 8.23. The van der Waals surface area contributed by atoms with Gasteiger partial charge in [0.05, 0.1) is 14.2 Å². The van der Waals surface area contributed by atoms with Gasteiger partial charge in [0.15, 0.2) is 11.5 Å². The van der Waals surface area contributed by atoms with Gasteiger partial charge in [0.1, 0.15) is 0 Å². The third-order valence-corrected chi connectivity index (χ3v) is 3.04. The topological polar surface area (TPSA) is 56.5 Å². The molecule has 1 aromatic rings. The molecule has 2 rings (SSSR count). The highest BCUT2D eigenvalue weighted by molar-refractivity contribution is 5.48. The molecular weight excluding hydrogens is 204 g/mol. The van der Waals surface area contributed by atoms with Crippen molar-refractivity contribution >= 4 is 0 Å². The molecule has 0 aromatic heterocycles. The molecule has 0 bridgehead atoms. The van der Waals surface area contributed by atoms with Crippen molar-refractivity contribution in [2.75, 3.05) is 20.8 Å². The summed E-state index contributed by atoms with van der Waals surface area (Å²) >= 11 is 0. The first-order valence-corrected chi connectivity index (χ1v) is 5.45. The van der Waals surface area contributed by atoms with Crippen LogP contribution in [0.15, 0.2) is 12.1 Å². The molecule has 88 valence electrons. The highest BCUT2D eigenvalue weighted by atomic mass is 16.5. The number of nitrogens with two attached hydrogens (primary N) is 1. The number of fused-ring (bicyclic) bond motifs is 1. The smallest absolute Gasteiger partial charge is 0.161 e. The molecular formula is C12H18N2O2. The second-order valence-electron chi connectivity index (χ2n) is 3.99. The predicted molar refractivity (Wildman–Crippen MR) is 62.9 cm³/mol. The Hall–Kier alpha value is -1.26. The van der Waals surface area contributed by atoms with Crippen LogP contribution < -0.4 is 20.5 Å². The van der Waals surface area contributed by atoms with Gasteiger partial charge >= 0.3 is 0 Å². The minimum atomic E-state index is 0.366. The number of benzene rings is 1. The van der Waals surface area contributed by atoms with Crippen LogP contribution in [0.25, 0.3) is 0 Å². The van der Waals surface area contributed by atoms with E-state index in [2.05, 4.69) is 11.4 Å². The lowest BCUT2D eigenvalue weighted by Gasteiger charge is -2.26. The van der Waals surface area contributed by atoms with Crippen molar-refractivity contribution in [1.29, 1.82) is 0 Å². The number of hydrogen-bond acceptors (Lipinski definition) is 4. The fourth-order valence-electron chi connectivity index (χ4n) is 2.08. The van der Waals surface area contributed by atoms with Crippen LogP contribution in [0.2, 0.25) is 0 Å². The standard InChI is InChI=1S/C12H18N2O2/c1-15-11-4-8-3-10(6-13)14-7-9(8)5-12(11)16-2/h4-5,10,14H,3,6-7,13H2,1-2H3. The lowest BCUT2D eigenvalue weighted by atomic mass is 9.95. The third kappa shape index (κ3) is 1.99. The van der Waals surface area contributed by atoms with E-state index in [1.165, 1.54) is 11.1 Å². The van der Waals surface area contributed by atoms with Crippen molar-refractivity contribution in [2.24, 2.45) is 5.73 Å². The lowest BCUT2D eigenvalue weighted by Crippen LogP contribution is -2.40. The summed E-state index contributed by atoms with van der Waals surface area (Å²) in [6.45, 7) is 1.51. The molecule has 0 spiro atoms. The first-order chi connectivity index (χ1) is 7.78. The molecule has 4 heteroatoms. The van der Waals surface area contributed by atoms with Crippen LogP contribution in [-0.2, 0) is 13.0 Å². The second-order valence-corrected chi connectivity index (χ2v) is 3.99. The average Bonchev–Trinajstić information content (AvgIpc) is 2.36. The summed E-state index contributed by atoms with van der Waals surface area (Å²) in [4.78, 5) is 0. The van der Waals surface area contributed by atoms with Crippen molar-refractivity contribution in [1.82, 2.24) is 5.32 Å². The number of nitrogens with one attached hydrogen (secondary N) is 1. The molecule has 0 amide bonds. The van der Waals surface area contributed by atoms with E-state index in [9.17, 15) is 0 Å². The van der Waals surface area contributed by atoms with E-state index in [-0.39, 0.29) is 0 Å². The Bertz CT molecular complexity index is 380. The van der Waals surface area contributed by atoms with E-state index >= 15 is 0 Å². The van der Waals surface area contributed by atoms with Gasteiger partial charge in [-0.05, 0) is 29.7 Å². The number of rotatable bonds is 3. The zero-order valence-corrected chi connectivity index (χ0v) is 9.75. The molecule has 4 nitrogen and oxygen atoms in total. The second kappa shape index (κ2) is 4.72. The maximum absolute atomic E-state index is 5.67. The van der Waals surface area contributed by atoms with Crippen molar-refractivity contribution in [3.63, 3.8) is 0 Å². The van der Waals surface area contributed by atoms with E-state index in [4.69, 9.17) is 15.2 Å². The minimum Gasteiger partial charge on any atom is -0.493 e. The van der Waals surface area contributed by atoms with Crippen LogP contribution >= 0.6 is 0 Å². The van der Waals surface area contributed by atoms with Gasteiger partial charge in [-0.3, -0.25) is 0 Å². The SMILES string of the molecule is COc1cc2c(cc1OC)CC(CN)NC2. The van der Waals surface area contributed by atoms with E-state index in [0.717, 1.165) is 24.5 Å². The van der Waals surface area contributed by atoms with Crippen molar-refractivity contribution in [3.8, 4) is 11.5 Å². The van der Waals surface area contributed by atoms with Crippen molar-refractivity contribution in [2.45, 2.75) is 19.0 Å². The molecule has 0 saturated heterocycles.